The maximum atomic E-state index is 12.6. The second kappa shape index (κ2) is 6.83. The van der Waals surface area contributed by atoms with Crippen LogP contribution in [0.25, 0.3) is 0 Å². The van der Waals surface area contributed by atoms with E-state index in [4.69, 9.17) is 0 Å². The first kappa shape index (κ1) is 17.6. The van der Waals surface area contributed by atoms with Crippen LogP contribution in [-0.4, -0.2) is 27.4 Å². The maximum absolute atomic E-state index is 12.6. The van der Waals surface area contributed by atoms with Gasteiger partial charge in [0.1, 0.15) is 11.4 Å². The van der Waals surface area contributed by atoms with E-state index in [2.05, 4.69) is 20.3 Å². The minimum atomic E-state index is -0.366. The number of nitrogens with zero attached hydrogens (tertiary/aromatic N) is 2. The van der Waals surface area contributed by atoms with E-state index in [0.717, 1.165) is 48.4 Å². The van der Waals surface area contributed by atoms with E-state index in [9.17, 15) is 9.59 Å². The topological polar surface area (TPSA) is 87.7 Å². The summed E-state index contributed by atoms with van der Waals surface area (Å²) in [6.45, 7) is 0.459. The molecule has 0 saturated heterocycles. The van der Waals surface area contributed by atoms with Crippen molar-refractivity contribution in [2.75, 3.05) is 6.54 Å². The number of carbonyl (C=O) groups excluding carboxylic acids is 1. The number of rotatable bonds is 5. The molecule has 2 aromatic heterocycles. The van der Waals surface area contributed by atoms with Gasteiger partial charge in [0, 0.05) is 30.6 Å². The molecule has 4 aliphatic rings. The number of H-pyrrole nitrogens is 1. The molecule has 4 bridgehead atoms. The Morgan fingerprint density at radius 2 is 1.86 bits per heavy atom. The van der Waals surface area contributed by atoms with Gasteiger partial charge in [-0.05, 0) is 74.3 Å². The van der Waals surface area contributed by atoms with Crippen LogP contribution in [0.4, 0.5) is 0 Å². The van der Waals surface area contributed by atoms with Crippen LogP contribution in [0.3, 0.4) is 0 Å². The van der Waals surface area contributed by atoms with E-state index in [1.807, 2.05) is 12.1 Å². The van der Waals surface area contributed by atoms with Crippen molar-refractivity contribution in [3.8, 4) is 0 Å². The van der Waals surface area contributed by atoms with E-state index >= 15 is 0 Å². The number of hydrogen-bond acceptors (Lipinski definition) is 4. The summed E-state index contributed by atoms with van der Waals surface area (Å²) in [5.74, 6) is 2.80. The van der Waals surface area contributed by atoms with Gasteiger partial charge < -0.3 is 10.3 Å². The van der Waals surface area contributed by atoms with Crippen LogP contribution in [-0.2, 0) is 11.8 Å². The van der Waals surface area contributed by atoms with Crippen LogP contribution in [0.15, 0.2) is 35.5 Å². The van der Waals surface area contributed by atoms with Crippen molar-refractivity contribution in [2.24, 2.45) is 17.8 Å². The monoisotopic (exact) mass is 378 g/mol. The molecule has 6 rings (SSSR count). The van der Waals surface area contributed by atoms with E-state index in [1.54, 1.807) is 12.4 Å². The van der Waals surface area contributed by atoms with Crippen LogP contribution in [0.5, 0.6) is 0 Å². The van der Waals surface area contributed by atoms with Gasteiger partial charge in [0.15, 0.2) is 0 Å². The number of aromatic amines is 1. The van der Waals surface area contributed by atoms with E-state index in [1.165, 1.54) is 25.5 Å². The standard InChI is InChI=1S/C22H26N4O2/c27-19(24-5-3-14-2-1-4-23-12-14)18-13-25-21(26-20(18)28)22-9-15-6-16(10-22)8-17(7-15)11-22/h1-2,4,12-13,15-17H,3,5-11H2,(H,24,27)(H,25,26,28). The summed E-state index contributed by atoms with van der Waals surface area (Å²) in [4.78, 5) is 36.7. The van der Waals surface area contributed by atoms with Crippen molar-refractivity contribution in [1.82, 2.24) is 20.3 Å². The van der Waals surface area contributed by atoms with Crippen molar-refractivity contribution in [3.05, 3.63) is 58.0 Å². The van der Waals surface area contributed by atoms with Crippen molar-refractivity contribution in [2.45, 2.75) is 50.4 Å². The second-order valence-electron chi connectivity index (χ2n) is 9.04. The van der Waals surface area contributed by atoms with Crippen LogP contribution in [0.1, 0.15) is 60.3 Å². The first-order valence-electron chi connectivity index (χ1n) is 10.4. The molecule has 28 heavy (non-hydrogen) atoms. The third kappa shape index (κ3) is 3.15. The number of hydrogen-bond donors (Lipinski definition) is 2. The van der Waals surface area contributed by atoms with Crippen molar-refractivity contribution in [1.29, 1.82) is 0 Å². The summed E-state index contributed by atoms with van der Waals surface area (Å²) in [5.41, 5.74) is 0.856. The Hall–Kier alpha value is -2.50. The molecular formula is C22H26N4O2. The molecule has 0 atom stereocenters. The Labute approximate surface area is 164 Å². The van der Waals surface area contributed by atoms with Gasteiger partial charge in [0.05, 0.1) is 0 Å². The normalized spacial score (nSPS) is 30.4. The highest BCUT2D eigenvalue weighted by Gasteiger charge is 2.52. The Kier molecular flexibility index (Phi) is 4.29. The van der Waals surface area contributed by atoms with Gasteiger partial charge in [-0.3, -0.25) is 14.6 Å². The highest BCUT2D eigenvalue weighted by atomic mass is 16.2. The third-order valence-electron chi connectivity index (χ3n) is 7.01. The van der Waals surface area contributed by atoms with Crippen molar-refractivity contribution >= 4 is 5.91 Å². The Morgan fingerprint density at radius 1 is 1.14 bits per heavy atom. The van der Waals surface area contributed by atoms with E-state index in [0.29, 0.717) is 13.0 Å². The minimum Gasteiger partial charge on any atom is -0.351 e. The second-order valence-corrected chi connectivity index (χ2v) is 9.04. The van der Waals surface area contributed by atoms with Crippen molar-refractivity contribution < 1.29 is 4.79 Å². The third-order valence-corrected chi connectivity index (χ3v) is 7.01. The number of aromatic nitrogens is 3. The molecule has 0 radical (unpaired) electrons. The Balaban J connectivity index is 1.29. The zero-order chi connectivity index (χ0) is 19.1. The predicted molar refractivity (Wildman–Crippen MR) is 105 cm³/mol. The highest BCUT2D eigenvalue weighted by molar-refractivity contribution is 5.93. The molecule has 0 unspecified atom stereocenters. The van der Waals surface area contributed by atoms with Gasteiger partial charge in [-0.1, -0.05) is 6.07 Å². The molecule has 0 spiro atoms. The SMILES string of the molecule is O=C(NCCc1cccnc1)c1cnc(C23CC4CC(CC(C4)C2)C3)[nH]c1=O. The summed E-state index contributed by atoms with van der Waals surface area (Å²) in [6.07, 6.45) is 13.1. The first-order chi connectivity index (χ1) is 13.6. The van der Waals surface area contributed by atoms with Gasteiger partial charge in [-0.15, -0.1) is 0 Å². The van der Waals surface area contributed by atoms with Gasteiger partial charge in [0.25, 0.3) is 11.5 Å². The summed E-state index contributed by atoms with van der Waals surface area (Å²) in [5, 5.41) is 2.82. The molecule has 146 valence electrons. The molecule has 2 heterocycles. The number of nitrogens with one attached hydrogen (secondary N) is 2. The van der Waals surface area contributed by atoms with E-state index in [-0.39, 0.29) is 22.4 Å². The fraction of sp³-hybridized carbons (Fsp3) is 0.545. The molecule has 1 amide bonds. The smallest absolute Gasteiger partial charge is 0.263 e. The molecule has 4 aliphatic carbocycles. The quantitative estimate of drug-likeness (QED) is 0.837. The molecule has 0 aliphatic heterocycles. The highest BCUT2D eigenvalue weighted by Crippen LogP contribution is 2.59. The number of carbonyl (C=O) groups is 1. The predicted octanol–water partition coefficient (Wildman–Crippen LogP) is 2.61. The largest absolute Gasteiger partial charge is 0.351 e. The van der Waals surface area contributed by atoms with Crippen LogP contribution < -0.4 is 10.9 Å². The molecular weight excluding hydrogens is 352 g/mol. The van der Waals surface area contributed by atoms with Gasteiger partial charge in [-0.25, -0.2) is 4.98 Å². The molecule has 6 nitrogen and oxygen atoms in total. The van der Waals surface area contributed by atoms with Crippen molar-refractivity contribution in [3.63, 3.8) is 0 Å². The van der Waals surface area contributed by atoms with Crippen LogP contribution in [0.2, 0.25) is 0 Å². The van der Waals surface area contributed by atoms with Crippen LogP contribution in [0, 0.1) is 17.8 Å². The average Bonchev–Trinajstić information content (AvgIpc) is 2.67. The van der Waals surface area contributed by atoms with E-state index < -0.39 is 0 Å². The first-order valence-corrected chi connectivity index (χ1v) is 10.4. The molecule has 4 fully saturated rings. The minimum absolute atomic E-state index is 0.0310. The number of pyridine rings is 1. The lowest BCUT2D eigenvalue weighted by molar-refractivity contribution is -0.00953. The Bertz CT molecular complexity index is 902. The van der Waals surface area contributed by atoms with Gasteiger partial charge >= 0.3 is 0 Å². The molecule has 6 heteroatoms. The lowest BCUT2D eigenvalue weighted by Gasteiger charge is -2.56. The lowest BCUT2D eigenvalue weighted by atomic mass is 9.49. The molecule has 4 saturated carbocycles. The Morgan fingerprint density at radius 3 is 2.46 bits per heavy atom. The van der Waals surface area contributed by atoms with Gasteiger partial charge in [0.2, 0.25) is 0 Å². The molecule has 0 aromatic carbocycles. The maximum Gasteiger partial charge on any atom is 0.263 e. The summed E-state index contributed by atoms with van der Waals surface area (Å²) < 4.78 is 0. The number of amides is 1. The fourth-order valence-electron chi connectivity index (χ4n) is 6.19. The average molecular weight is 378 g/mol. The van der Waals surface area contributed by atoms with Gasteiger partial charge in [-0.2, -0.15) is 0 Å². The molecule has 2 aromatic rings. The summed E-state index contributed by atoms with van der Waals surface area (Å²) in [7, 11) is 0. The lowest BCUT2D eigenvalue weighted by Crippen LogP contribution is -2.50. The zero-order valence-electron chi connectivity index (χ0n) is 16.0. The zero-order valence-corrected chi connectivity index (χ0v) is 16.0. The molecule has 2 N–H and O–H groups in total. The fourth-order valence-corrected chi connectivity index (χ4v) is 6.19. The summed E-state index contributed by atoms with van der Waals surface area (Å²) >= 11 is 0. The summed E-state index contributed by atoms with van der Waals surface area (Å²) in [6, 6.07) is 3.84. The van der Waals surface area contributed by atoms with Crippen LogP contribution >= 0.6 is 0 Å².